The molecule has 0 saturated heterocycles. The van der Waals surface area contributed by atoms with Gasteiger partial charge in [-0.2, -0.15) is 5.12 Å². The van der Waals surface area contributed by atoms with E-state index >= 15 is 0 Å². The summed E-state index contributed by atoms with van der Waals surface area (Å²) in [5, 5.41) is 0.653. The summed E-state index contributed by atoms with van der Waals surface area (Å²) in [4.78, 5) is 3.71. The highest BCUT2D eigenvalue weighted by Crippen LogP contribution is 2.10. The van der Waals surface area contributed by atoms with Crippen molar-refractivity contribution >= 4 is 6.21 Å². The van der Waals surface area contributed by atoms with E-state index in [-0.39, 0.29) is 6.67 Å². The lowest BCUT2D eigenvalue weighted by Gasteiger charge is -2.15. The van der Waals surface area contributed by atoms with Gasteiger partial charge in [-0.05, 0) is 12.5 Å². The van der Waals surface area contributed by atoms with Gasteiger partial charge in [-0.15, -0.1) is 0 Å². The van der Waals surface area contributed by atoms with Crippen LogP contribution >= 0.6 is 0 Å². The van der Waals surface area contributed by atoms with Crippen molar-refractivity contribution in [3.8, 4) is 0 Å². The third-order valence-electron chi connectivity index (χ3n) is 1.25. The average Bonchev–Trinajstić information content (AvgIpc) is 1.89. The van der Waals surface area contributed by atoms with Crippen molar-refractivity contribution in [2.75, 3.05) is 6.67 Å². The number of allylic oxidation sites excluding steroid dienone is 2. The molecule has 0 aromatic heterocycles. The second-order valence-corrected chi connectivity index (χ2v) is 1.85. The zero-order valence-electron chi connectivity index (χ0n) is 5.34. The first-order valence-electron chi connectivity index (χ1n) is 2.97. The predicted octanol–water partition coefficient (Wildman–Crippen LogP) is 1.51. The molecule has 0 radical (unpaired) electrons. The maximum atomic E-state index is 12.5. The lowest BCUT2D eigenvalue weighted by Crippen LogP contribution is -2.15. The molecular formula is C6H9FN2. The van der Waals surface area contributed by atoms with Crippen LogP contribution in [0.25, 0.3) is 0 Å². The molecule has 0 fully saturated rings. The van der Waals surface area contributed by atoms with Crippen LogP contribution in [0.4, 0.5) is 4.48 Å². The molecule has 1 aliphatic rings. The van der Waals surface area contributed by atoms with Crippen LogP contribution in [-0.4, -0.2) is 18.0 Å². The van der Waals surface area contributed by atoms with E-state index in [2.05, 4.69) is 4.99 Å². The zero-order valence-corrected chi connectivity index (χ0v) is 5.34. The Morgan fingerprint density at radius 1 is 1.89 bits per heavy atom. The number of nitrogens with zero attached hydrogens (tertiary/aromatic N) is 2. The van der Waals surface area contributed by atoms with Crippen molar-refractivity contribution in [3.63, 3.8) is 0 Å². The summed E-state index contributed by atoms with van der Waals surface area (Å²) in [5.41, 5.74) is 0.699. The van der Waals surface area contributed by atoms with Gasteiger partial charge in [0, 0.05) is 11.9 Å². The first-order chi connectivity index (χ1) is 4.34. The second kappa shape index (κ2) is 2.62. The molecular weight excluding hydrogens is 119 g/mol. The summed E-state index contributed by atoms with van der Waals surface area (Å²) in [6.45, 7) is 2.07. The topological polar surface area (TPSA) is 15.6 Å². The number of aliphatic imine (C=N–C) groups is 1. The first-order valence-corrected chi connectivity index (χ1v) is 2.97. The predicted molar refractivity (Wildman–Crippen MR) is 34.7 cm³/mol. The number of halogens is 1. The van der Waals surface area contributed by atoms with Gasteiger partial charge in [0.1, 0.15) is 6.67 Å². The minimum Gasteiger partial charge on any atom is -0.269 e. The van der Waals surface area contributed by atoms with E-state index < -0.39 is 0 Å². The van der Waals surface area contributed by atoms with Crippen LogP contribution in [0.15, 0.2) is 16.8 Å². The van der Waals surface area contributed by atoms with Crippen LogP contribution in [0.2, 0.25) is 0 Å². The molecule has 0 amide bonds. The van der Waals surface area contributed by atoms with Crippen LogP contribution < -0.4 is 0 Å². The molecule has 1 aliphatic heterocycles. The van der Waals surface area contributed by atoms with Gasteiger partial charge in [0.25, 0.3) is 0 Å². The summed E-state index contributed by atoms with van der Waals surface area (Å²) in [5.74, 6) is 0. The van der Waals surface area contributed by atoms with Crippen molar-refractivity contribution in [2.45, 2.75) is 13.3 Å². The summed E-state index contributed by atoms with van der Waals surface area (Å²) < 4.78 is 12.5. The summed E-state index contributed by atoms with van der Waals surface area (Å²) in [6, 6.07) is 0. The van der Waals surface area contributed by atoms with Gasteiger partial charge in [-0.25, -0.2) is 0 Å². The van der Waals surface area contributed by atoms with Crippen molar-refractivity contribution in [1.82, 2.24) is 5.12 Å². The van der Waals surface area contributed by atoms with Crippen LogP contribution in [-0.2, 0) is 0 Å². The lowest BCUT2D eigenvalue weighted by atomic mass is 10.3. The Bertz CT molecular complexity index is 151. The van der Waals surface area contributed by atoms with E-state index in [1.807, 2.05) is 6.92 Å². The number of hydrogen-bond acceptors (Lipinski definition) is 2. The fraction of sp³-hybridized carbons (Fsp3) is 0.500. The molecule has 0 N–H and O–H groups in total. The van der Waals surface area contributed by atoms with Crippen molar-refractivity contribution in [3.05, 3.63) is 11.8 Å². The molecule has 1 rings (SSSR count). The minimum atomic E-state index is 0.152. The lowest BCUT2D eigenvalue weighted by molar-refractivity contribution is 0.0693. The zero-order chi connectivity index (χ0) is 6.69. The SMILES string of the molecule is CCC1=CC=NCN1F. The molecule has 0 saturated carbocycles. The highest BCUT2D eigenvalue weighted by Gasteiger charge is 2.06. The molecule has 9 heavy (non-hydrogen) atoms. The van der Waals surface area contributed by atoms with Crippen LogP contribution in [0.5, 0.6) is 0 Å². The van der Waals surface area contributed by atoms with E-state index in [1.165, 1.54) is 0 Å². The van der Waals surface area contributed by atoms with Gasteiger partial charge in [0.05, 0.1) is 0 Å². The Balaban J connectivity index is 2.63. The molecule has 2 nitrogen and oxygen atoms in total. The molecule has 0 spiro atoms. The minimum absolute atomic E-state index is 0.152. The molecule has 50 valence electrons. The molecule has 3 heteroatoms. The summed E-state index contributed by atoms with van der Waals surface area (Å²) in [6.07, 6.45) is 4.04. The van der Waals surface area contributed by atoms with Gasteiger partial charge in [0.15, 0.2) is 0 Å². The Hall–Kier alpha value is -0.860. The molecule has 0 atom stereocenters. The molecule has 0 aliphatic carbocycles. The van der Waals surface area contributed by atoms with Crippen molar-refractivity contribution in [2.24, 2.45) is 4.99 Å². The second-order valence-electron chi connectivity index (χ2n) is 1.85. The highest BCUT2D eigenvalue weighted by molar-refractivity contribution is 5.72. The molecule has 0 bridgehead atoms. The number of hydrogen-bond donors (Lipinski definition) is 0. The van der Waals surface area contributed by atoms with E-state index in [9.17, 15) is 4.48 Å². The Morgan fingerprint density at radius 2 is 2.67 bits per heavy atom. The van der Waals surface area contributed by atoms with E-state index in [1.54, 1.807) is 12.3 Å². The summed E-state index contributed by atoms with van der Waals surface area (Å²) in [7, 11) is 0. The number of rotatable bonds is 1. The van der Waals surface area contributed by atoms with Gasteiger partial charge in [-0.3, -0.25) is 4.99 Å². The normalized spacial score (nSPS) is 18.0. The Kier molecular flexibility index (Phi) is 1.82. The van der Waals surface area contributed by atoms with Crippen molar-refractivity contribution in [1.29, 1.82) is 0 Å². The van der Waals surface area contributed by atoms with Crippen LogP contribution in [0.3, 0.4) is 0 Å². The molecule has 0 aromatic carbocycles. The summed E-state index contributed by atoms with van der Waals surface area (Å²) >= 11 is 0. The highest BCUT2D eigenvalue weighted by atomic mass is 19.2. The van der Waals surface area contributed by atoms with E-state index in [4.69, 9.17) is 0 Å². The average molecular weight is 128 g/mol. The van der Waals surface area contributed by atoms with Crippen LogP contribution in [0, 0.1) is 0 Å². The molecule has 0 aromatic rings. The molecule has 0 unspecified atom stereocenters. The van der Waals surface area contributed by atoms with E-state index in [0.29, 0.717) is 10.8 Å². The Labute approximate surface area is 53.6 Å². The maximum Gasteiger partial charge on any atom is 0.140 e. The smallest absolute Gasteiger partial charge is 0.140 e. The fourth-order valence-corrected chi connectivity index (χ4v) is 0.719. The van der Waals surface area contributed by atoms with Gasteiger partial charge in [0.2, 0.25) is 0 Å². The molecule has 1 heterocycles. The Morgan fingerprint density at radius 3 is 3.11 bits per heavy atom. The standard InChI is InChI=1S/C6H9FN2/c1-2-6-3-4-8-5-9(6)7/h3-4H,2,5H2,1H3. The van der Waals surface area contributed by atoms with Gasteiger partial charge < -0.3 is 0 Å². The third-order valence-corrected chi connectivity index (χ3v) is 1.25. The van der Waals surface area contributed by atoms with Crippen molar-refractivity contribution < 1.29 is 4.48 Å². The van der Waals surface area contributed by atoms with Crippen LogP contribution in [0.1, 0.15) is 13.3 Å². The largest absolute Gasteiger partial charge is 0.269 e. The maximum absolute atomic E-state index is 12.5. The van der Waals surface area contributed by atoms with Gasteiger partial charge in [-0.1, -0.05) is 11.4 Å². The fourth-order valence-electron chi connectivity index (χ4n) is 0.719. The van der Waals surface area contributed by atoms with Gasteiger partial charge >= 0.3 is 0 Å². The monoisotopic (exact) mass is 128 g/mol. The van der Waals surface area contributed by atoms with E-state index in [0.717, 1.165) is 6.42 Å². The third kappa shape index (κ3) is 1.28. The first kappa shape index (κ1) is 6.26. The quantitative estimate of drug-likeness (QED) is 0.489.